The monoisotopic (exact) mass is 330 g/mol. The van der Waals surface area contributed by atoms with Crippen molar-refractivity contribution >= 4 is 11.9 Å². The average Bonchev–Trinajstić information content (AvgIpc) is 2.93. The van der Waals surface area contributed by atoms with Gasteiger partial charge in [-0.25, -0.2) is 9.59 Å². The molecule has 0 amide bonds. The topological polar surface area (TPSA) is 52.6 Å². The summed E-state index contributed by atoms with van der Waals surface area (Å²) in [5, 5.41) is 0. The lowest BCUT2D eigenvalue weighted by atomic mass is 9.31. The summed E-state index contributed by atoms with van der Waals surface area (Å²) in [5.74, 6) is -0.660. The van der Waals surface area contributed by atoms with Crippen molar-refractivity contribution in [2.24, 2.45) is 10.8 Å². The lowest BCUT2D eigenvalue weighted by Gasteiger charge is -2.69. The third kappa shape index (κ3) is 1.60. The number of rotatable bonds is 2. The molecule has 0 aromatic carbocycles. The van der Waals surface area contributed by atoms with Crippen LogP contribution in [0.5, 0.6) is 0 Å². The van der Waals surface area contributed by atoms with Crippen LogP contribution >= 0.6 is 0 Å². The van der Waals surface area contributed by atoms with Crippen LogP contribution in [0.3, 0.4) is 0 Å². The molecule has 4 rings (SSSR count). The Morgan fingerprint density at radius 1 is 0.708 bits per heavy atom. The number of carbonyl (C=O) groups is 2. The number of hydrogen-bond acceptors (Lipinski definition) is 4. The molecule has 0 unspecified atom stereocenters. The molecule has 2 spiro atoms. The van der Waals surface area contributed by atoms with E-state index in [1.807, 2.05) is 0 Å². The number of carbonyl (C=O) groups excluding carboxylic acids is 2. The summed E-state index contributed by atoms with van der Waals surface area (Å²) in [6.07, 6.45) is 11.1. The molecule has 4 nitrogen and oxygen atoms in total. The Balaban J connectivity index is 1.94. The van der Waals surface area contributed by atoms with E-state index in [1.54, 1.807) is 0 Å². The van der Waals surface area contributed by atoms with Gasteiger partial charge in [-0.3, -0.25) is 0 Å². The van der Waals surface area contributed by atoms with Crippen molar-refractivity contribution in [2.75, 3.05) is 14.2 Å². The van der Waals surface area contributed by atoms with Crippen LogP contribution in [0.25, 0.3) is 0 Å². The van der Waals surface area contributed by atoms with E-state index >= 15 is 0 Å². The zero-order chi connectivity index (χ0) is 16.9. The van der Waals surface area contributed by atoms with Gasteiger partial charge in [0.2, 0.25) is 0 Å². The molecule has 2 fully saturated rings. The molecule has 0 heterocycles. The summed E-state index contributed by atoms with van der Waals surface area (Å²) >= 11 is 0. The number of methoxy groups -OCH3 is 2. The molecule has 4 aliphatic carbocycles. The van der Waals surface area contributed by atoms with Crippen molar-refractivity contribution in [3.05, 3.63) is 22.3 Å². The summed E-state index contributed by atoms with van der Waals surface area (Å²) in [6, 6.07) is 0. The minimum atomic E-state index is -0.330. The van der Waals surface area contributed by atoms with Crippen LogP contribution in [0, 0.1) is 10.8 Å². The third-order valence-electron chi connectivity index (χ3n) is 6.96. The van der Waals surface area contributed by atoms with Gasteiger partial charge in [0.1, 0.15) is 0 Å². The van der Waals surface area contributed by atoms with E-state index in [0.29, 0.717) is 11.1 Å². The highest BCUT2D eigenvalue weighted by Crippen LogP contribution is 2.81. The van der Waals surface area contributed by atoms with Crippen LogP contribution in [0.2, 0.25) is 0 Å². The van der Waals surface area contributed by atoms with Crippen molar-refractivity contribution in [1.82, 2.24) is 0 Å². The molecule has 2 atom stereocenters. The van der Waals surface area contributed by atoms with E-state index in [2.05, 4.69) is 0 Å². The lowest BCUT2D eigenvalue weighted by molar-refractivity contribution is -0.147. The van der Waals surface area contributed by atoms with Gasteiger partial charge in [-0.2, -0.15) is 0 Å². The molecule has 0 aromatic heterocycles. The van der Waals surface area contributed by atoms with Crippen molar-refractivity contribution < 1.29 is 19.1 Å². The van der Waals surface area contributed by atoms with E-state index in [4.69, 9.17) is 9.47 Å². The van der Waals surface area contributed by atoms with E-state index in [1.165, 1.54) is 51.0 Å². The highest BCUT2D eigenvalue weighted by molar-refractivity contribution is 6.09. The first-order chi connectivity index (χ1) is 11.6. The fraction of sp³-hybridized carbons (Fsp3) is 0.700. The van der Waals surface area contributed by atoms with E-state index in [0.717, 1.165) is 38.5 Å². The van der Waals surface area contributed by atoms with Crippen LogP contribution in [0.15, 0.2) is 22.3 Å². The Kier molecular flexibility index (Phi) is 3.63. The molecule has 130 valence electrons. The van der Waals surface area contributed by atoms with E-state index in [9.17, 15) is 9.59 Å². The molecule has 0 saturated heterocycles. The molecule has 24 heavy (non-hydrogen) atoms. The molecular weight excluding hydrogens is 304 g/mol. The fourth-order valence-electron chi connectivity index (χ4n) is 6.26. The molecule has 0 radical (unpaired) electrons. The van der Waals surface area contributed by atoms with E-state index < -0.39 is 0 Å². The maximum atomic E-state index is 12.6. The van der Waals surface area contributed by atoms with E-state index in [-0.39, 0.29) is 22.8 Å². The van der Waals surface area contributed by atoms with Crippen molar-refractivity contribution in [3.63, 3.8) is 0 Å². The minimum Gasteiger partial charge on any atom is -0.466 e. The van der Waals surface area contributed by atoms with Gasteiger partial charge in [0.15, 0.2) is 0 Å². The van der Waals surface area contributed by atoms with Crippen LogP contribution < -0.4 is 0 Å². The minimum absolute atomic E-state index is 0.222. The molecule has 4 heteroatoms. The van der Waals surface area contributed by atoms with Crippen molar-refractivity contribution in [2.45, 2.75) is 64.2 Å². The molecule has 0 aromatic rings. The SMILES string of the molecule is COC(=O)C1=C(C(=O)OC)[C@@]23CCCCCC2=C2CCCCC[C@@]213. The largest absolute Gasteiger partial charge is 0.466 e. The summed E-state index contributed by atoms with van der Waals surface area (Å²) in [7, 11) is 2.83. The maximum absolute atomic E-state index is 12.6. The summed E-state index contributed by atoms with van der Waals surface area (Å²) in [4.78, 5) is 25.2. The van der Waals surface area contributed by atoms with Gasteiger partial charge >= 0.3 is 11.9 Å². The predicted octanol–water partition coefficient (Wildman–Crippen LogP) is 3.85. The second-order valence-corrected chi connectivity index (χ2v) is 7.62. The maximum Gasteiger partial charge on any atom is 0.335 e. The quantitative estimate of drug-likeness (QED) is 0.570. The standard InChI is InChI=1S/C20H26O4/c1-23-17(21)15-16(18(22)24-2)20-12-8-4-6-10-14(20)13-9-5-3-7-11-19(13,15)20/h3-12H2,1-2H3/t19-,20-/m1/s1. The van der Waals surface area contributed by atoms with Crippen LogP contribution in [0.4, 0.5) is 0 Å². The second-order valence-electron chi connectivity index (χ2n) is 7.62. The van der Waals surface area contributed by atoms with Gasteiger partial charge < -0.3 is 9.47 Å². The lowest BCUT2D eigenvalue weighted by Crippen LogP contribution is -2.66. The smallest absolute Gasteiger partial charge is 0.335 e. The Morgan fingerprint density at radius 3 is 1.50 bits per heavy atom. The Hall–Kier alpha value is -1.58. The van der Waals surface area contributed by atoms with Gasteiger partial charge in [0.25, 0.3) is 0 Å². The van der Waals surface area contributed by atoms with Crippen molar-refractivity contribution in [3.8, 4) is 0 Å². The highest BCUT2D eigenvalue weighted by atomic mass is 16.5. The molecule has 0 bridgehead atoms. The average molecular weight is 330 g/mol. The summed E-state index contributed by atoms with van der Waals surface area (Å²) in [6.45, 7) is 0. The molecule has 4 aliphatic rings. The van der Waals surface area contributed by atoms with Gasteiger partial charge in [0.05, 0.1) is 25.4 Å². The number of hydrogen-bond donors (Lipinski definition) is 0. The van der Waals surface area contributed by atoms with Gasteiger partial charge in [-0.15, -0.1) is 0 Å². The summed E-state index contributed by atoms with van der Waals surface area (Å²) in [5.41, 5.74) is 3.74. The summed E-state index contributed by atoms with van der Waals surface area (Å²) < 4.78 is 10.2. The van der Waals surface area contributed by atoms with Gasteiger partial charge in [-0.1, -0.05) is 36.8 Å². The van der Waals surface area contributed by atoms with Gasteiger partial charge in [-0.05, 0) is 38.5 Å². The first-order valence-corrected chi connectivity index (χ1v) is 9.30. The molecule has 2 saturated carbocycles. The molecule has 0 N–H and O–H groups in total. The van der Waals surface area contributed by atoms with Crippen LogP contribution in [-0.2, 0) is 19.1 Å². The fourth-order valence-corrected chi connectivity index (χ4v) is 6.26. The Morgan fingerprint density at radius 2 is 1.12 bits per heavy atom. The van der Waals surface area contributed by atoms with Crippen LogP contribution in [0.1, 0.15) is 64.2 Å². The van der Waals surface area contributed by atoms with Crippen LogP contribution in [-0.4, -0.2) is 26.2 Å². The normalized spacial score (nSPS) is 34.6. The first kappa shape index (κ1) is 15.9. The number of allylic oxidation sites excluding steroid dienone is 2. The molecule has 0 aliphatic heterocycles. The predicted molar refractivity (Wildman–Crippen MR) is 89.1 cm³/mol. The van der Waals surface area contributed by atoms with Gasteiger partial charge in [0, 0.05) is 10.8 Å². The zero-order valence-electron chi connectivity index (χ0n) is 14.7. The Bertz CT molecular complexity index is 615. The van der Waals surface area contributed by atoms with Crippen molar-refractivity contribution in [1.29, 1.82) is 0 Å². The first-order valence-electron chi connectivity index (χ1n) is 9.30. The number of ether oxygens (including phenoxy) is 2. The zero-order valence-corrected chi connectivity index (χ0v) is 14.7. The second kappa shape index (κ2) is 5.47. The molecular formula is C20H26O4. The Labute approximate surface area is 143 Å². The highest BCUT2D eigenvalue weighted by Gasteiger charge is 2.76. The number of esters is 2. The third-order valence-corrected chi connectivity index (χ3v) is 6.96.